The minimum atomic E-state index is -0.801. The van der Waals surface area contributed by atoms with Gasteiger partial charge in [0.1, 0.15) is 5.54 Å². The van der Waals surface area contributed by atoms with E-state index in [2.05, 4.69) is 29.2 Å². The minimum absolute atomic E-state index is 0.611. The predicted octanol–water partition coefficient (Wildman–Crippen LogP) is 0.465. The molecule has 1 aliphatic rings. The van der Waals surface area contributed by atoms with Gasteiger partial charge in [-0.2, -0.15) is 0 Å². The van der Waals surface area contributed by atoms with Crippen molar-refractivity contribution in [2.75, 3.05) is 40.3 Å². The fourth-order valence-electron chi connectivity index (χ4n) is 2.48. The van der Waals surface area contributed by atoms with Gasteiger partial charge in [0.05, 0.1) is 0 Å². The Bertz CT molecular complexity index is 283. The molecule has 0 bridgehead atoms. The highest BCUT2D eigenvalue weighted by Crippen LogP contribution is 2.17. The van der Waals surface area contributed by atoms with Gasteiger partial charge in [0.15, 0.2) is 0 Å². The van der Waals surface area contributed by atoms with Crippen LogP contribution in [0.3, 0.4) is 0 Å². The van der Waals surface area contributed by atoms with Crippen LogP contribution in [0.5, 0.6) is 0 Å². The van der Waals surface area contributed by atoms with Gasteiger partial charge in [-0.25, -0.2) is 0 Å². The Morgan fingerprint density at radius 2 is 2.22 bits per heavy atom. The SMILES string of the molecule is CCNC(C)(CCN1CCC(N(C)C)C1)C(=O)O. The largest absolute Gasteiger partial charge is 0.480 e. The molecule has 1 fully saturated rings. The molecule has 0 aromatic carbocycles. The fourth-order valence-corrected chi connectivity index (χ4v) is 2.48. The highest BCUT2D eigenvalue weighted by atomic mass is 16.4. The third kappa shape index (κ3) is 3.93. The Labute approximate surface area is 110 Å². The van der Waals surface area contributed by atoms with Crippen molar-refractivity contribution in [2.24, 2.45) is 0 Å². The van der Waals surface area contributed by atoms with Gasteiger partial charge in [-0.05, 0) is 47.0 Å². The molecule has 2 atom stereocenters. The summed E-state index contributed by atoms with van der Waals surface area (Å²) < 4.78 is 0. The lowest BCUT2D eigenvalue weighted by atomic mass is 9.97. The van der Waals surface area contributed by atoms with Gasteiger partial charge in [-0.1, -0.05) is 6.92 Å². The first-order chi connectivity index (χ1) is 8.39. The number of carbonyl (C=O) groups is 1. The average molecular weight is 257 g/mol. The lowest BCUT2D eigenvalue weighted by molar-refractivity contribution is -0.144. The summed E-state index contributed by atoms with van der Waals surface area (Å²) in [6.45, 7) is 7.38. The van der Waals surface area contributed by atoms with Crippen LogP contribution >= 0.6 is 0 Å². The number of aliphatic carboxylic acids is 1. The summed E-state index contributed by atoms with van der Waals surface area (Å²) in [5.74, 6) is -0.757. The summed E-state index contributed by atoms with van der Waals surface area (Å²) in [6, 6.07) is 0.611. The highest BCUT2D eigenvalue weighted by Gasteiger charge is 2.33. The van der Waals surface area contributed by atoms with Gasteiger partial charge < -0.3 is 20.2 Å². The van der Waals surface area contributed by atoms with E-state index in [9.17, 15) is 9.90 Å². The third-order valence-electron chi connectivity index (χ3n) is 3.94. The first-order valence-electron chi connectivity index (χ1n) is 6.76. The molecule has 0 radical (unpaired) electrons. The van der Waals surface area contributed by atoms with Gasteiger partial charge in [-0.15, -0.1) is 0 Å². The van der Waals surface area contributed by atoms with E-state index in [0.717, 1.165) is 19.6 Å². The van der Waals surface area contributed by atoms with Crippen LogP contribution in [0.1, 0.15) is 26.7 Å². The van der Waals surface area contributed by atoms with E-state index in [1.807, 2.05) is 6.92 Å². The summed E-state index contributed by atoms with van der Waals surface area (Å²) in [6.07, 6.45) is 1.83. The van der Waals surface area contributed by atoms with E-state index in [1.165, 1.54) is 6.42 Å². The molecule has 2 unspecified atom stereocenters. The molecule has 0 aromatic rings. The first-order valence-corrected chi connectivity index (χ1v) is 6.76. The molecule has 1 aliphatic heterocycles. The maximum absolute atomic E-state index is 11.3. The van der Waals surface area contributed by atoms with Crippen LogP contribution in [0.4, 0.5) is 0 Å². The number of likely N-dealkylation sites (tertiary alicyclic amines) is 1. The molecule has 0 aliphatic carbocycles. The molecule has 0 aromatic heterocycles. The number of nitrogens with one attached hydrogen (secondary N) is 1. The number of carboxylic acids is 1. The van der Waals surface area contributed by atoms with Crippen molar-refractivity contribution in [2.45, 2.75) is 38.3 Å². The van der Waals surface area contributed by atoms with Crippen LogP contribution in [-0.4, -0.2) is 72.7 Å². The maximum atomic E-state index is 11.3. The quantitative estimate of drug-likeness (QED) is 0.694. The highest BCUT2D eigenvalue weighted by molar-refractivity contribution is 5.78. The predicted molar refractivity (Wildman–Crippen MR) is 72.9 cm³/mol. The minimum Gasteiger partial charge on any atom is -0.480 e. The number of likely N-dealkylation sites (N-methyl/N-ethyl adjacent to an activating group) is 2. The number of hydrogen-bond donors (Lipinski definition) is 2. The van der Waals surface area contributed by atoms with Gasteiger partial charge >= 0.3 is 5.97 Å². The van der Waals surface area contributed by atoms with Crippen molar-refractivity contribution in [1.29, 1.82) is 0 Å². The summed E-state index contributed by atoms with van der Waals surface area (Å²) >= 11 is 0. The molecular formula is C13H27N3O2. The summed E-state index contributed by atoms with van der Waals surface area (Å²) in [5.41, 5.74) is -0.801. The molecule has 2 N–H and O–H groups in total. The van der Waals surface area contributed by atoms with Crippen LogP contribution < -0.4 is 5.32 Å². The molecule has 0 saturated carbocycles. The third-order valence-corrected chi connectivity index (χ3v) is 3.94. The smallest absolute Gasteiger partial charge is 0.323 e. The van der Waals surface area contributed by atoms with Crippen molar-refractivity contribution >= 4 is 5.97 Å². The maximum Gasteiger partial charge on any atom is 0.323 e. The first kappa shape index (κ1) is 15.4. The Balaban J connectivity index is 2.42. The monoisotopic (exact) mass is 257 g/mol. The van der Waals surface area contributed by atoms with E-state index in [4.69, 9.17) is 0 Å². The van der Waals surface area contributed by atoms with Gasteiger partial charge in [0.25, 0.3) is 0 Å². The molecule has 5 nitrogen and oxygen atoms in total. The van der Waals surface area contributed by atoms with Crippen molar-refractivity contribution in [3.63, 3.8) is 0 Å². The molecule has 0 amide bonds. The summed E-state index contributed by atoms with van der Waals surface area (Å²) in [5, 5.41) is 12.4. The van der Waals surface area contributed by atoms with Crippen LogP contribution in [0, 0.1) is 0 Å². The zero-order chi connectivity index (χ0) is 13.8. The van der Waals surface area contributed by atoms with Crippen LogP contribution in [-0.2, 0) is 4.79 Å². The zero-order valence-electron chi connectivity index (χ0n) is 12.1. The average Bonchev–Trinajstić information content (AvgIpc) is 2.75. The molecular weight excluding hydrogens is 230 g/mol. The van der Waals surface area contributed by atoms with Crippen molar-refractivity contribution < 1.29 is 9.90 Å². The summed E-state index contributed by atoms with van der Waals surface area (Å²) in [7, 11) is 4.21. The molecule has 1 rings (SSSR count). The van der Waals surface area contributed by atoms with Crippen molar-refractivity contribution in [3.8, 4) is 0 Å². The van der Waals surface area contributed by atoms with Crippen LogP contribution in [0.2, 0.25) is 0 Å². The molecule has 106 valence electrons. The second-order valence-electron chi connectivity index (χ2n) is 5.62. The van der Waals surface area contributed by atoms with Crippen LogP contribution in [0.25, 0.3) is 0 Å². The van der Waals surface area contributed by atoms with E-state index in [-0.39, 0.29) is 0 Å². The number of rotatable bonds is 7. The van der Waals surface area contributed by atoms with Crippen LogP contribution in [0.15, 0.2) is 0 Å². The van der Waals surface area contributed by atoms with E-state index < -0.39 is 11.5 Å². The molecule has 1 saturated heterocycles. The fraction of sp³-hybridized carbons (Fsp3) is 0.923. The number of hydrogen-bond acceptors (Lipinski definition) is 4. The topological polar surface area (TPSA) is 55.8 Å². The van der Waals surface area contributed by atoms with Gasteiger partial charge in [0, 0.05) is 19.1 Å². The van der Waals surface area contributed by atoms with Crippen molar-refractivity contribution in [1.82, 2.24) is 15.1 Å². The van der Waals surface area contributed by atoms with E-state index in [1.54, 1.807) is 6.92 Å². The molecule has 1 heterocycles. The zero-order valence-corrected chi connectivity index (χ0v) is 12.1. The van der Waals surface area contributed by atoms with Crippen molar-refractivity contribution in [3.05, 3.63) is 0 Å². The standard InChI is InChI=1S/C13H27N3O2/c1-5-14-13(2,12(17)18)7-9-16-8-6-11(10-16)15(3)4/h11,14H,5-10H2,1-4H3,(H,17,18). The molecule has 5 heteroatoms. The van der Waals surface area contributed by atoms with Gasteiger partial charge in [-0.3, -0.25) is 4.79 Å². The molecule has 18 heavy (non-hydrogen) atoms. The number of nitrogens with zero attached hydrogens (tertiary/aromatic N) is 2. The Morgan fingerprint density at radius 3 is 2.67 bits per heavy atom. The Kier molecular flexibility index (Phi) is 5.56. The molecule has 0 spiro atoms. The lowest BCUT2D eigenvalue weighted by Crippen LogP contribution is -2.51. The second kappa shape index (κ2) is 6.50. The summed E-state index contributed by atoms with van der Waals surface area (Å²) in [4.78, 5) is 15.9. The Hall–Kier alpha value is -0.650. The van der Waals surface area contributed by atoms with Gasteiger partial charge in [0.2, 0.25) is 0 Å². The number of carboxylic acid groups (broad SMARTS) is 1. The second-order valence-corrected chi connectivity index (χ2v) is 5.62. The normalized spacial score (nSPS) is 24.4. The van der Waals surface area contributed by atoms with E-state index >= 15 is 0 Å². The Morgan fingerprint density at radius 1 is 1.56 bits per heavy atom. The lowest BCUT2D eigenvalue weighted by Gasteiger charge is -2.28. The van der Waals surface area contributed by atoms with E-state index in [0.29, 0.717) is 19.0 Å².